The maximum Gasteiger partial charge on any atom is 0.169 e. The molecule has 0 spiro atoms. The van der Waals surface area contributed by atoms with Crippen LogP contribution in [-0.2, 0) is 0 Å². The number of piperidine rings is 1. The average Bonchev–Trinajstić information content (AvgIpc) is 2.15. The zero-order chi connectivity index (χ0) is 9.68. The van der Waals surface area contributed by atoms with Crippen molar-refractivity contribution in [2.24, 2.45) is 0 Å². The Morgan fingerprint density at radius 3 is 3.08 bits per heavy atom. The number of nitrogens with one attached hydrogen (secondary N) is 1. The molecule has 2 nitrogen and oxygen atoms in total. The summed E-state index contributed by atoms with van der Waals surface area (Å²) in [5, 5.41) is 4.05. The molecule has 0 aromatic rings. The number of nitrogens with zero attached hydrogens (tertiary/aromatic N) is 1. The third kappa shape index (κ3) is 2.99. The Morgan fingerprint density at radius 1 is 1.69 bits per heavy atom. The van der Waals surface area contributed by atoms with Crippen LogP contribution in [0.2, 0.25) is 0 Å². The van der Waals surface area contributed by atoms with Crippen LogP contribution in [0, 0.1) is 0 Å². The first-order valence-corrected chi connectivity index (χ1v) is 5.32. The lowest BCUT2D eigenvalue weighted by Crippen LogP contribution is -2.47. The second-order valence-electron chi connectivity index (χ2n) is 3.51. The van der Waals surface area contributed by atoms with Crippen LogP contribution in [0.15, 0.2) is 12.7 Å². The van der Waals surface area contributed by atoms with Crippen molar-refractivity contribution in [3.8, 4) is 0 Å². The van der Waals surface area contributed by atoms with E-state index in [0.29, 0.717) is 6.04 Å². The maximum absolute atomic E-state index is 5.28. The molecule has 13 heavy (non-hydrogen) atoms. The SMILES string of the molecule is C=CCNC(=S)N1CCCC[C@@H]1C. The Balaban J connectivity index is 2.39. The second-order valence-corrected chi connectivity index (χ2v) is 3.90. The summed E-state index contributed by atoms with van der Waals surface area (Å²) in [7, 11) is 0. The molecule has 0 aromatic carbocycles. The molecule has 0 aliphatic carbocycles. The first kappa shape index (κ1) is 10.5. The summed E-state index contributed by atoms with van der Waals surface area (Å²) in [5.74, 6) is 0. The van der Waals surface area contributed by atoms with Gasteiger partial charge in [0.15, 0.2) is 5.11 Å². The van der Waals surface area contributed by atoms with Gasteiger partial charge in [-0.2, -0.15) is 0 Å². The first-order valence-electron chi connectivity index (χ1n) is 4.91. The Kier molecular flexibility index (Phi) is 4.22. The Labute approximate surface area is 86.0 Å². The highest BCUT2D eigenvalue weighted by Gasteiger charge is 2.19. The molecule has 3 heteroatoms. The molecule has 74 valence electrons. The minimum Gasteiger partial charge on any atom is -0.359 e. The highest BCUT2D eigenvalue weighted by atomic mass is 32.1. The number of thiocarbonyl (C=S) groups is 1. The van der Waals surface area contributed by atoms with Gasteiger partial charge in [0.05, 0.1) is 0 Å². The lowest BCUT2D eigenvalue weighted by atomic mass is 10.0. The van der Waals surface area contributed by atoms with Crippen molar-refractivity contribution < 1.29 is 0 Å². The van der Waals surface area contributed by atoms with Crippen molar-refractivity contribution in [1.82, 2.24) is 10.2 Å². The number of hydrogen-bond acceptors (Lipinski definition) is 1. The van der Waals surface area contributed by atoms with Gasteiger partial charge in [-0.3, -0.25) is 0 Å². The fourth-order valence-corrected chi connectivity index (χ4v) is 2.02. The summed E-state index contributed by atoms with van der Waals surface area (Å²) < 4.78 is 0. The van der Waals surface area contributed by atoms with Crippen LogP contribution in [0.4, 0.5) is 0 Å². The third-order valence-corrected chi connectivity index (χ3v) is 2.84. The average molecular weight is 198 g/mol. The van der Waals surface area contributed by atoms with Crippen molar-refractivity contribution in [2.45, 2.75) is 32.2 Å². The van der Waals surface area contributed by atoms with Gasteiger partial charge in [0.25, 0.3) is 0 Å². The lowest BCUT2D eigenvalue weighted by molar-refractivity contribution is 0.256. The largest absolute Gasteiger partial charge is 0.359 e. The second kappa shape index (κ2) is 5.22. The molecule has 0 unspecified atom stereocenters. The molecule has 0 radical (unpaired) electrons. The molecular formula is C10H18N2S. The van der Waals surface area contributed by atoms with E-state index in [-0.39, 0.29) is 0 Å². The summed E-state index contributed by atoms with van der Waals surface area (Å²) in [6.07, 6.45) is 5.69. The monoisotopic (exact) mass is 198 g/mol. The molecule has 1 atom stereocenters. The molecule has 1 rings (SSSR count). The number of hydrogen-bond donors (Lipinski definition) is 1. The molecular weight excluding hydrogens is 180 g/mol. The molecule has 0 amide bonds. The van der Waals surface area contributed by atoms with E-state index in [0.717, 1.165) is 18.2 Å². The van der Waals surface area contributed by atoms with E-state index in [1.807, 2.05) is 6.08 Å². The van der Waals surface area contributed by atoms with Gasteiger partial charge in [0.2, 0.25) is 0 Å². The van der Waals surface area contributed by atoms with Crippen LogP contribution in [-0.4, -0.2) is 29.1 Å². The molecule has 1 N–H and O–H groups in total. The van der Waals surface area contributed by atoms with Crippen molar-refractivity contribution in [3.63, 3.8) is 0 Å². The summed E-state index contributed by atoms with van der Waals surface area (Å²) in [5.41, 5.74) is 0. The van der Waals surface area contributed by atoms with Crippen LogP contribution in [0.25, 0.3) is 0 Å². The van der Waals surface area contributed by atoms with Gasteiger partial charge in [-0.05, 0) is 38.4 Å². The van der Waals surface area contributed by atoms with E-state index in [2.05, 4.69) is 23.7 Å². The Hall–Kier alpha value is -0.570. The van der Waals surface area contributed by atoms with Gasteiger partial charge in [-0.1, -0.05) is 6.08 Å². The predicted molar refractivity (Wildman–Crippen MR) is 60.8 cm³/mol. The van der Waals surface area contributed by atoms with Gasteiger partial charge < -0.3 is 10.2 Å². The van der Waals surface area contributed by atoms with Crippen molar-refractivity contribution in [1.29, 1.82) is 0 Å². The molecule has 1 saturated heterocycles. The maximum atomic E-state index is 5.28. The van der Waals surface area contributed by atoms with Crippen LogP contribution < -0.4 is 5.32 Å². The van der Waals surface area contributed by atoms with Crippen LogP contribution >= 0.6 is 12.2 Å². The summed E-state index contributed by atoms with van der Waals surface area (Å²) in [6.45, 7) is 7.76. The van der Waals surface area contributed by atoms with E-state index >= 15 is 0 Å². The van der Waals surface area contributed by atoms with Crippen LogP contribution in [0.1, 0.15) is 26.2 Å². The van der Waals surface area contributed by atoms with Crippen molar-refractivity contribution >= 4 is 17.3 Å². The quantitative estimate of drug-likeness (QED) is 0.539. The molecule has 1 aliphatic heterocycles. The first-order chi connectivity index (χ1) is 6.25. The van der Waals surface area contributed by atoms with E-state index in [1.54, 1.807) is 0 Å². The number of likely N-dealkylation sites (tertiary alicyclic amines) is 1. The summed E-state index contributed by atoms with van der Waals surface area (Å²) in [6, 6.07) is 0.596. The van der Waals surface area contributed by atoms with Crippen molar-refractivity contribution in [3.05, 3.63) is 12.7 Å². The topological polar surface area (TPSA) is 15.3 Å². The normalized spacial score (nSPS) is 22.5. The zero-order valence-corrected chi connectivity index (χ0v) is 9.07. The Morgan fingerprint density at radius 2 is 2.46 bits per heavy atom. The molecule has 1 fully saturated rings. The molecule has 0 aromatic heterocycles. The van der Waals surface area contributed by atoms with Gasteiger partial charge in [0.1, 0.15) is 0 Å². The fourth-order valence-electron chi connectivity index (χ4n) is 1.66. The van der Waals surface area contributed by atoms with Crippen molar-refractivity contribution in [2.75, 3.05) is 13.1 Å². The minimum atomic E-state index is 0.596. The Bertz CT molecular complexity index is 191. The third-order valence-electron chi connectivity index (χ3n) is 2.46. The predicted octanol–water partition coefficient (Wildman–Crippen LogP) is 1.92. The summed E-state index contributed by atoms with van der Waals surface area (Å²) >= 11 is 5.28. The highest BCUT2D eigenvalue weighted by molar-refractivity contribution is 7.80. The van der Waals surface area contributed by atoms with E-state index in [4.69, 9.17) is 12.2 Å². The van der Waals surface area contributed by atoms with E-state index in [1.165, 1.54) is 19.3 Å². The van der Waals surface area contributed by atoms with Crippen LogP contribution in [0.3, 0.4) is 0 Å². The molecule has 1 aliphatic rings. The molecule has 0 bridgehead atoms. The lowest BCUT2D eigenvalue weighted by Gasteiger charge is -2.35. The van der Waals surface area contributed by atoms with Gasteiger partial charge in [-0.15, -0.1) is 6.58 Å². The smallest absolute Gasteiger partial charge is 0.169 e. The highest BCUT2D eigenvalue weighted by Crippen LogP contribution is 2.16. The van der Waals surface area contributed by atoms with E-state index < -0.39 is 0 Å². The summed E-state index contributed by atoms with van der Waals surface area (Å²) in [4.78, 5) is 2.28. The van der Waals surface area contributed by atoms with Gasteiger partial charge >= 0.3 is 0 Å². The fraction of sp³-hybridized carbons (Fsp3) is 0.700. The molecule has 1 heterocycles. The van der Waals surface area contributed by atoms with Gasteiger partial charge in [0, 0.05) is 19.1 Å². The van der Waals surface area contributed by atoms with Gasteiger partial charge in [-0.25, -0.2) is 0 Å². The van der Waals surface area contributed by atoms with E-state index in [9.17, 15) is 0 Å². The standard InChI is InChI=1S/C10H18N2S/c1-3-7-11-10(13)12-8-5-4-6-9(12)2/h3,9H,1,4-8H2,2H3,(H,11,13)/t9-/m0/s1. The zero-order valence-electron chi connectivity index (χ0n) is 8.25. The van der Waals surface area contributed by atoms with Crippen LogP contribution in [0.5, 0.6) is 0 Å². The molecule has 0 saturated carbocycles. The minimum absolute atomic E-state index is 0.596. The number of rotatable bonds is 2.